The van der Waals surface area contributed by atoms with E-state index in [9.17, 15) is 5.11 Å². The molecule has 0 radical (unpaired) electrons. The van der Waals surface area contributed by atoms with E-state index >= 15 is 0 Å². The molecule has 5 rings (SSSR count). The molecule has 1 aromatic carbocycles. The molecule has 3 fully saturated rings. The molecule has 5 nitrogen and oxygen atoms in total. The van der Waals surface area contributed by atoms with Crippen LogP contribution in [0.15, 0.2) is 28.7 Å². The van der Waals surface area contributed by atoms with Crippen molar-refractivity contribution in [1.29, 1.82) is 0 Å². The lowest BCUT2D eigenvalue weighted by molar-refractivity contribution is -0.0713. The van der Waals surface area contributed by atoms with E-state index in [2.05, 4.69) is 26.9 Å². The predicted molar refractivity (Wildman–Crippen MR) is 90.1 cm³/mol. The summed E-state index contributed by atoms with van der Waals surface area (Å²) in [5, 5.41) is 18.9. The zero-order chi connectivity index (χ0) is 16.6. The lowest BCUT2D eigenvalue weighted by atomic mass is 9.76. The Morgan fingerprint density at radius 1 is 1.25 bits per heavy atom. The fourth-order valence-electron chi connectivity index (χ4n) is 3.57. The Bertz CT molecular complexity index is 779. The molecule has 2 bridgehead atoms. The van der Waals surface area contributed by atoms with Gasteiger partial charge in [-0.05, 0) is 50.2 Å². The summed E-state index contributed by atoms with van der Waals surface area (Å²) in [6.45, 7) is 4.83. The van der Waals surface area contributed by atoms with Gasteiger partial charge in [-0.1, -0.05) is 18.8 Å². The minimum atomic E-state index is -0.863. The van der Waals surface area contributed by atoms with Gasteiger partial charge in [-0.15, -0.1) is 10.2 Å². The van der Waals surface area contributed by atoms with Crippen molar-refractivity contribution in [1.82, 2.24) is 15.1 Å². The van der Waals surface area contributed by atoms with E-state index in [0.717, 1.165) is 43.5 Å². The second-order valence-electron chi connectivity index (χ2n) is 6.66. The van der Waals surface area contributed by atoms with Crippen LogP contribution in [0.3, 0.4) is 0 Å². The Morgan fingerprint density at radius 3 is 2.58 bits per heavy atom. The first-order chi connectivity index (χ1) is 11.7. The lowest BCUT2D eigenvalue weighted by Crippen LogP contribution is -2.58. The molecule has 1 N–H and O–H groups in total. The zero-order valence-corrected chi connectivity index (χ0v) is 13.8. The number of piperidine rings is 3. The van der Waals surface area contributed by atoms with Crippen molar-refractivity contribution < 1.29 is 9.52 Å². The van der Waals surface area contributed by atoms with E-state index in [-0.39, 0.29) is 0 Å². The number of aryl methyl sites for hydroxylation is 1. The number of rotatable bonds is 2. The SMILES string of the molecule is CCc1nnc(-c2ccc(C#CC3(O)CN4CCC3CC4)cc2)o1. The van der Waals surface area contributed by atoms with Crippen LogP contribution in [0, 0.1) is 17.8 Å². The van der Waals surface area contributed by atoms with E-state index < -0.39 is 5.60 Å². The number of fused-ring (bicyclic) bond motifs is 3. The molecule has 0 aliphatic carbocycles. The molecule has 1 unspecified atom stereocenters. The molecule has 3 saturated heterocycles. The molecule has 2 aromatic rings. The van der Waals surface area contributed by atoms with Crippen molar-refractivity contribution in [2.24, 2.45) is 5.92 Å². The molecule has 0 saturated carbocycles. The molecule has 0 spiro atoms. The van der Waals surface area contributed by atoms with Gasteiger partial charge in [0.25, 0.3) is 0 Å². The predicted octanol–water partition coefficient (Wildman–Crippen LogP) is 2.11. The van der Waals surface area contributed by atoms with E-state index in [1.807, 2.05) is 31.2 Å². The van der Waals surface area contributed by atoms with Crippen LogP contribution >= 0.6 is 0 Å². The third-order valence-corrected chi connectivity index (χ3v) is 5.05. The number of hydrogen-bond donors (Lipinski definition) is 1. The molecular weight excluding hydrogens is 302 g/mol. The van der Waals surface area contributed by atoms with E-state index in [1.165, 1.54) is 0 Å². The highest BCUT2D eigenvalue weighted by atomic mass is 16.4. The van der Waals surface area contributed by atoms with Gasteiger partial charge in [0.15, 0.2) is 0 Å². The number of benzene rings is 1. The molecule has 24 heavy (non-hydrogen) atoms. The fourth-order valence-corrected chi connectivity index (χ4v) is 3.57. The number of hydrogen-bond acceptors (Lipinski definition) is 5. The molecule has 1 atom stereocenters. The van der Waals surface area contributed by atoms with Crippen molar-refractivity contribution >= 4 is 0 Å². The second kappa shape index (κ2) is 6.04. The Balaban J connectivity index is 1.52. The normalized spacial score (nSPS) is 28.4. The lowest BCUT2D eigenvalue weighted by Gasteiger charge is -2.47. The van der Waals surface area contributed by atoms with Gasteiger partial charge in [0.05, 0.1) is 0 Å². The monoisotopic (exact) mass is 323 g/mol. The Labute approximate surface area is 141 Å². The molecule has 3 aliphatic heterocycles. The number of aromatic nitrogens is 2. The van der Waals surface area contributed by atoms with Crippen LogP contribution in [-0.2, 0) is 6.42 Å². The summed E-state index contributed by atoms with van der Waals surface area (Å²) in [6.07, 6.45) is 2.81. The summed E-state index contributed by atoms with van der Waals surface area (Å²) >= 11 is 0. The molecule has 5 heteroatoms. The molecule has 1 aromatic heterocycles. The van der Waals surface area contributed by atoms with E-state index in [0.29, 0.717) is 24.2 Å². The minimum Gasteiger partial charge on any atom is -0.421 e. The van der Waals surface area contributed by atoms with Gasteiger partial charge in [-0.2, -0.15) is 0 Å². The van der Waals surface area contributed by atoms with Crippen LogP contribution in [0.25, 0.3) is 11.5 Å². The van der Waals surface area contributed by atoms with Crippen LogP contribution < -0.4 is 0 Å². The molecule has 3 aliphatic rings. The van der Waals surface area contributed by atoms with Gasteiger partial charge in [0.2, 0.25) is 11.8 Å². The first kappa shape index (κ1) is 15.4. The summed E-state index contributed by atoms with van der Waals surface area (Å²) in [5.74, 6) is 7.75. The Morgan fingerprint density at radius 2 is 2.00 bits per heavy atom. The highest BCUT2D eigenvalue weighted by Gasteiger charge is 2.44. The van der Waals surface area contributed by atoms with Crippen LogP contribution in [0.4, 0.5) is 0 Å². The van der Waals surface area contributed by atoms with Gasteiger partial charge >= 0.3 is 0 Å². The molecular formula is C19H21N3O2. The summed E-state index contributed by atoms with van der Waals surface area (Å²) in [6, 6.07) is 7.72. The van der Waals surface area contributed by atoms with Crippen molar-refractivity contribution in [3.05, 3.63) is 35.7 Å². The van der Waals surface area contributed by atoms with Crippen molar-refractivity contribution in [3.8, 4) is 23.3 Å². The number of aliphatic hydroxyl groups is 1. The first-order valence-electron chi connectivity index (χ1n) is 8.57. The van der Waals surface area contributed by atoms with Crippen LogP contribution in [0.1, 0.15) is 31.2 Å². The summed E-state index contributed by atoms with van der Waals surface area (Å²) < 4.78 is 5.56. The van der Waals surface area contributed by atoms with Crippen LogP contribution in [-0.4, -0.2) is 45.4 Å². The van der Waals surface area contributed by atoms with Crippen molar-refractivity contribution in [2.45, 2.75) is 31.8 Å². The smallest absolute Gasteiger partial charge is 0.247 e. The standard InChI is InChI=1S/C19H21N3O2/c1-2-17-20-21-18(24-17)15-5-3-14(4-6-15)7-10-19(23)13-22-11-8-16(19)9-12-22/h3-6,16,23H,2,8-9,11-13H2,1H3. The fraction of sp³-hybridized carbons (Fsp3) is 0.474. The first-order valence-corrected chi connectivity index (χ1v) is 8.57. The van der Waals surface area contributed by atoms with Gasteiger partial charge in [-0.3, -0.25) is 4.90 Å². The van der Waals surface area contributed by atoms with Crippen molar-refractivity contribution in [3.63, 3.8) is 0 Å². The molecule has 4 heterocycles. The quantitative estimate of drug-likeness (QED) is 0.858. The Kier molecular flexibility index (Phi) is 3.87. The highest BCUT2D eigenvalue weighted by molar-refractivity contribution is 5.55. The maximum absolute atomic E-state index is 10.8. The second-order valence-corrected chi connectivity index (χ2v) is 6.66. The average Bonchev–Trinajstić information content (AvgIpc) is 3.10. The molecule has 124 valence electrons. The van der Waals surface area contributed by atoms with Gasteiger partial charge in [-0.25, -0.2) is 0 Å². The zero-order valence-electron chi connectivity index (χ0n) is 13.8. The van der Waals surface area contributed by atoms with Gasteiger partial charge < -0.3 is 9.52 Å². The third kappa shape index (κ3) is 2.83. The number of nitrogens with zero attached hydrogens (tertiary/aromatic N) is 3. The average molecular weight is 323 g/mol. The van der Waals surface area contributed by atoms with E-state index in [4.69, 9.17) is 4.42 Å². The maximum atomic E-state index is 10.8. The van der Waals surface area contributed by atoms with E-state index in [1.54, 1.807) is 0 Å². The van der Waals surface area contributed by atoms with Gasteiger partial charge in [0, 0.05) is 30.0 Å². The topological polar surface area (TPSA) is 62.4 Å². The van der Waals surface area contributed by atoms with Crippen LogP contribution in [0.2, 0.25) is 0 Å². The highest BCUT2D eigenvalue weighted by Crippen LogP contribution is 2.35. The minimum absolute atomic E-state index is 0.306. The summed E-state index contributed by atoms with van der Waals surface area (Å²) in [5.41, 5.74) is 0.908. The summed E-state index contributed by atoms with van der Waals surface area (Å²) in [7, 11) is 0. The third-order valence-electron chi connectivity index (χ3n) is 5.05. The van der Waals surface area contributed by atoms with Crippen molar-refractivity contribution in [2.75, 3.05) is 19.6 Å². The Hall–Kier alpha value is -2.16. The van der Waals surface area contributed by atoms with Gasteiger partial charge in [0.1, 0.15) is 5.60 Å². The van der Waals surface area contributed by atoms with Crippen LogP contribution in [0.5, 0.6) is 0 Å². The maximum Gasteiger partial charge on any atom is 0.247 e. The largest absolute Gasteiger partial charge is 0.421 e. The summed E-state index contributed by atoms with van der Waals surface area (Å²) in [4.78, 5) is 2.30. The molecule has 0 amide bonds.